The molecule has 1 aromatic heterocycles. The Balaban J connectivity index is 2.20. The third kappa shape index (κ3) is 3.34. The molecule has 4 nitrogen and oxygen atoms in total. The Morgan fingerprint density at radius 2 is 2.11 bits per heavy atom. The molecule has 19 heavy (non-hydrogen) atoms. The van der Waals surface area contributed by atoms with Crippen molar-refractivity contribution < 1.29 is 0 Å². The van der Waals surface area contributed by atoms with Crippen molar-refractivity contribution in [3.63, 3.8) is 0 Å². The van der Waals surface area contributed by atoms with E-state index in [1.54, 1.807) is 18.2 Å². The van der Waals surface area contributed by atoms with Crippen LogP contribution in [0.5, 0.6) is 0 Å². The first-order valence-corrected chi connectivity index (χ1v) is 6.30. The number of rotatable bonds is 3. The van der Waals surface area contributed by atoms with Crippen molar-refractivity contribution >= 4 is 29.2 Å². The first-order chi connectivity index (χ1) is 9.10. The second kappa shape index (κ2) is 5.87. The molecule has 0 aliphatic heterocycles. The summed E-state index contributed by atoms with van der Waals surface area (Å²) in [4.78, 5) is 8.11. The number of hydrogen-bond donors (Lipinski definition) is 1. The summed E-state index contributed by atoms with van der Waals surface area (Å²) in [6.07, 6.45) is 1.53. The van der Waals surface area contributed by atoms with Crippen LogP contribution in [-0.4, -0.2) is 9.97 Å². The van der Waals surface area contributed by atoms with Gasteiger partial charge in [-0.05, 0) is 30.7 Å². The minimum atomic E-state index is -0.0984. The zero-order valence-electron chi connectivity index (χ0n) is 10.1. The van der Waals surface area contributed by atoms with E-state index in [0.717, 1.165) is 5.56 Å². The maximum absolute atomic E-state index is 8.78. The summed E-state index contributed by atoms with van der Waals surface area (Å²) in [5.41, 5.74) is 1.20. The van der Waals surface area contributed by atoms with E-state index in [4.69, 9.17) is 28.5 Å². The SMILES string of the molecule is CC(Nc1nccc(C#N)n1)c1ccc(Cl)cc1Cl. The fourth-order valence-electron chi connectivity index (χ4n) is 1.61. The van der Waals surface area contributed by atoms with Gasteiger partial charge in [-0.1, -0.05) is 29.3 Å². The third-order valence-corrected chi connectivity index (χ3v) is 3.11. The van der Waals surface area contributed by atoms with E-state index in [0.29, 0.717) is 21.7 Å². The minimum Gasteiger partial charge on any atom is -0.348 e. The fourth-order valence-corrected chi connectivity index (χ4v) is 2.19. The molecule has 0 saturated heterocycles. The van der Waals surface area contributed by atoms with Crippen LogP contribution < -0.4 is 5.32 Å². The van der Waals surface area contributed by atoms with Gasteiger partial charge in [0, 0.05) is 16.2 Å². The van der Waals surface area contributed by atoms with Crippen LogP contribution in [0.1, 0.15) is 24.2 Å². The topological polar surface area (TPSA) is 61.6 Å². The van der Waals surface area contributed by atoms with Crippen molar-refractivity contribution in [3.8, 4) is 6.07 Å². The smallest absolute Gasteiger partial charge is 0.224 e. The molecule has 96 valence electrons. The predicted molar refractivity (Wildman–Crippen MR) is 75.2 cm³/mol. The van der Waals surface area contributed by atoms with Crippen molar-refractivity contribution in [2.24, 2.45) is 0 Å². The van der Waals surface area contributed by atoms with Gasteiger partial charge in [-0.15, -0.1) is 0 Å². The van der Waals surface area contributed by atoms with Gasteiger partial charge in [-0.25, -0.2) is 9.97 Å². The Hall–Kier alpha value is -1.83. The van der Waals surface area contributed by atoms with Crippen LogP contribution in [0.15, 0.2) is 30.5 Å². The maximum Gasteiger partial charge on any atom is 0.224 e. The summed E-state index contributed by atoms with van der Waals surface area (Å²) >= 11 is 12.0. The van der Waals surface area contributed by atoms with Crippen LogP contribution >= 0.6 is 23.2 Å². The quantitative estimate of drug-likeness (QED) is 0.934. The Morgan fingerprint density at radius 3 is 2.79 bits per heavy atom. The molecule has 2 aromatic rings. The van der Waals surface area contributed by atoms with Crippen molar-refractivity contribution in [2.75, 3.05) is 5.32 Å². The van der Waals surface area contributed by atoms with Crippen molar-refractivity contribution in [3.05, 3.63) is 51.8 Å². The van der Waals surface area contributed by atoms with Crippen molar-refractivity contribution in [1.82, 2.24) is 9.97 Å². The molecule has 0 aliphatic carbocycles. The van der Waals surface area contributed by atoms with Gasteiger partial charge in [0.1, 0.15) is 11.8 Å². The zero-order chi connectivity index (χ0) is 13.8. The van der Waals surface area contributed by atoms with E-state index < -0.39 is 0 Å². The molecule has 0 spiro atoms. The second-order valence-corrected chi connectivity index (χ2v) is 4.75. The summed E-state index contributed by atoms with van der Waals surface area (Å²) in [6.45, 7) is 1.93. The van der Waals surface area contributed by atoms with Gasteiger partial charge in [-0.2, -0.15) is 5.26 Å². The number of aromatic nitrogens is 2. The average Bonchev–Trinajstić information content (AvgIpc) is 2.38. The molecule has 6 heteroatoms. The maximum atomic E-state index is 8.78. The van der Waals surface area contributed by atoms with Crippen LogP contribution in [0.2, 0.25) is 10.0 Å². The van der Waals surface area contributed by atoms with Gasteiger partial charge < -0.3 is 5.32 Å². The average molecular weight is 293 g/mol. The molecule has 2 rings (SSSR count). The Labute approximate surface area is 121 Å². The summed E-state index contributed by atoms with van der Waals surface area (Å²) in [7, 11) is 0. The standard InChI is InChI=1S/C13H10Cl2N4/c1-8(11-3-2-9(14)6-12(11)15)18-13-17-5-4-10(7-16)19-13/h2-6,8H,1H3,(H,17,18,19). The van der Waals surface area contributed by atoms with Gasteiger partial charge in [-0.3, -0.25) is 0 Å². The monoisotopic (exact) mass is 292 g/mol. The summed E-state index contributed by atoms with van der Waals surface area (Å²) in [5, 5.41) is 13.0. The minimum absolute atomic E-state index is 0.0984. The van der Waals surface area contributed by atoms with Gasteiger partial charge in [0.15, 0.2) is 0 Å². The first kappa shape index (κ1) is 13.6. The summed E-state index contributed by atoms with van der Waals surface area (Å²) < 4.78 is 0. The van der Waals surface area contributed by atoms with Gasteiger partial charge in [0.25, 0.3) is 0 Å². The molecule has 0 amide bonds. The number of nitrogens with one attached hydrogen (secondary N) is 1. The lowest BCUT2D eigenvalue weighted by molar-refractivity contribution is 0.859. The first-order valence-electron chi connectivity index (χ1n) is 5.55. The summed E-state index contributed by atoms with van der Waals surface area (Å²) in [6, 6.07) is 8.71. The highest BCUT2D eigenvalue weighted by molar-refractivity contribution is 6.35. The Bertz CT molecular complexity index is 637. The van der Waals surface area contributed by atoms with E-state index in [1.165, 1.54) is 6.20 Å². The van der Waals surface area contributed by atoms with Crippen LogP contribution in [-0.2, 0) is 0 Å². The highest BCUT2D eigenvalue weighted by atomic mass is 35.5. The molecular formula is C13H10Cl2N4. The third-order valence-electron chi connectivity index (χ3n) is 2.54. The molecule has 1 heterocycles. The largest absolute Gasteiger partial charge is 0.348 e. The van der Waals surface area contributed by atoms with E-state index in [1.807, 2.05) is 19.1 Å². The van der Waals surface area contributed by atoms with Crippen LogP contribution in [0.4, 0.5) is 5.95 Å². The Kier molecular flexibility index (Phi) is 4.20. The molecule has 0 fully saturated rings. The lowest BCUT2D eigenvalue weighted by atomic mass is 10.1. The Morgan fingerprint density at radius 1 is 1.32 bits per heavy atom. The molecule has 0 radical (unpaired) electrons. The fraction of sp³-hybridized carbons (Fsp3) is 0.154. The van der Waals surface area contributed by atoms with E-state index in [-0.39, 0.29) is 6.04 Å². The molecule has 1 aromatic carbocycles. The molecule has 1 N–H and O–H groups in total. The number of anilines is 1. The summed E-state index contributed by atoms with van der Waals surface area (Å²) in [5.74, 6) is 0.387. The van der Waals surface area contributed by atoms with Crippen molar-refractivity contribution in [1.29, 1.82) is 5.26 Å². The number of hydrogen-bond acceptors (Lipinski definition) is 4. The van der Waals surface area contributed by atoms with Crippen LogP contribution in [0, 0.1) is 11.3 Å². The van der Waals surface area contributed by atoms with Crippen LogP contribution in [0.3, 0.4) is 0 Å². The zero-order valence-corrected chi connectivity index (χ0v) is 11.6. The van der Waals surface area contributed by atoms with Crippen LogP contribution in [0.25, 0.3) is 0 Å². The number of nitrogens with zero attached hydrogens (tertiary/aromatic N) is 3. The number of nitriles is 1. The molecule has 0 bridgehead atoms. The molecule has 1 unspecified atom stereocenters. The molecule has 1 atom stereocenters. The van der Waals surface area contributed by atoms with E-state index >= 15 is 0 Å². The normalized spacial score (nSPS) is 11.7. The second-order valence-electron chi connectivity index (χ2n) is 3.91. The van der Waals surface area contributed by atoms with Gasteiger partial charge in [0.2, 0.25) is 5.95 Å². The number of benzene rings is 1. The van der Waals surface area contributed by atoms with Gasteiger partial charge in [0.05, 0.1) is 6.04 Å². The van der Waals surface area contributed by atoms with Crippen molar-refractivity contribution in [2.45, 2.75) is 13.0 Å². The highest BCUT2D eigenvalue weighted by Gasteiger charge is 2.11. The van der Waals surface area contributed by atoms with E-state index in [9.17, 15) is 0 Å². The van der Waals surface area contributed by atoms with E-state index in [2.05, 4.69) is 15.3 Å². The lowest BCUT2D eigenvalue weighted by Crippen LogP contribution is -2.10. The molecular weight excluding hydrogens is 283 g/mol. The lowest BCUT2D eigenvalue weighted by Gasteiger charge is -2.15. The molecule has 0 saturated carbocycles. The highest BCUT2D eigenvalue weighted by Crippen LogP contribution is 2.27. The number of halogens is 2. The van der Waals surface area contributed by atoms with Gasteiger partial charge >= 0.3 is 0 Å². The predicted octanol–water partition coefficient (Wildman–Crippen LogP) is 3.83. The molecule has 0 aliphatic rings.